The summed E-state index contributed by atoms with van der Waals surface area (Å²) in [6.45, 7) is 5.50. The van der Waals surface area contributed by atoms with Crippen molar-refractivity contribution < 1.29 is 18.7 Å². The van der Waals surface area contributed by atoms with Crippen LogP contribution in [0.3, 0.4) is 0 Å². The van der Waals surface area contributed by atoms with E-state index < -0.39 is 11.0 Å². The molecule has 2 aromatic carbocycles. The van der Waals surface area contributed by atoms with Crippen LogP contribution in [0, 0.1) is 5.41 Å². The van der Waals surface area contributed by atoms with Crippen molar-refractivity contribution in [3.8, 4) is 33.3 Å². The van der Waals surface area contributed by atoms with Gasteiger partial charge in [0.2, 0.25) is 0 Å². The number of benzene rings is 2. The van der Waals surface area contributed by atoms with Crippen molar-refractivity contribution in [2.24, 2.45) is 5.41 Å². The summed E-state index contributed by atoms with van der Waals surface area (Å²) in [5, 5.41) is 3.38. The van der Waals surface area contributed by atoms with Crippen LogP contribution in [0.1, 0.15) is 20.8 Å². The summed E-state index contributed by atoms with van der Waals surface area (Å²) in [6.07, 6.45) is 0. The molecule has 0 saturated carbocycles. The largest absolute Gasteiger partial charge is 0.497 e. The zero-order valence-corrected chi connectivity index (χ0v) is 19.1. The van der Waals surface area contributed by atoms with E-state index in [1.165, 1.54) is 11.3 Å². The van der Waals surface area contributed by atoms with Gasteiger partial charge in [-0.2, -0.15) is 0 Å². The molecule has 0 unspecified atom stereocenters. The molecule has 0 N–H and O–H groups in total. The molecule has 0 spiro atoms. The highest BCUT2D eigenvalue weighted by molar-refractivity contribution is 7.13. The molecule has 0 aliphatic heterocycles. The second-order valence-electron chi connectivity index (χ2n) is 8.38. The minimum Gasteiger partial charge on any atom is -0.497 e. The average molecular weight is 450 g/mol. The number of ketones is 1. The summed E-state index contributed by atoms with van der Waals surface area (Å²) in [7, 11) is 1.62. The van der Waals surface area contributed by atoms with Crippen LogP contribution in [0.15, 0.2) is 63.1 Å². The van der Waals surface area contributed by atoms with E-state index in [1.807, 2.05) is 50.4 Å². The van der Waals surface area contributed by atoms with Crippen molar-refractivity contribution in [1.29, 1.82) is 0 Å². The highest BCUT2D eigenvalue weighted by atomic mass is 32.1. The Morgan fingerprint density at radius 1 is 1.06 bits per heavy atom. The number of carbonyl (C=O) groups excluding carboxylic acids is 1. The molecule has 0 bridgehead atoms. The van der Waals surface area contributed by atoms with Gasteiger partial charge in [-0.25, -0.2) is 9.78 Å². The summed E-state index contributed by atoms with van der Waals surface area (Å²) in [5.74, 6) is 1.24. The molecule has 0 saturated heterocycles. The van der Waals surface area contributed by atoms with Gasteiger partial charge in [-0.3, -0.25) is 4.79 Å². The molecule has 2 aromatic heterocycles. The lowest BCUT2D eigenvalue weighted by atomic mass is 9.91. The van der Waals surface area contributed by atoms with Crippen molar-refractivity contribution in [1.82, 2.24) is 4.98 Å². The number of hydrogen-bond acceptors (Lipinski definition) is 7. The summed E-state index contributed by atoms with van der Waals surface area (Å²) in [4.78, 5) is 29.4. The number of methoxy groups -OCH3 is 1. The van der Waals surface area contributed by atoms with E-state index in [0.717, 1.165) is 21.7 Å². The Balaban J connectivity index is 1.59. The first-order valence-electron chi connectivity index (χ1n) is 10.1. The second kappa shape index (κ2) is 8.59. The van der Waals surface area contributed by atoms with Crippen LogP contribution >= 0.6 is 11.3 Å². The quantitative estimate of drug-likeness (QED) is 0.357. The predicted molar refractivity (Wildman–Crippen MR) is 126 cm³/mol. The number of carbonyl (C=O) groups is 1. The molecule has 0 amide bonds. The number of aromatic nitrogens is 1. The van der Waals surface area contributed by atoms with Crippen LogP contribution in [-0.2, 0) is 4.79 Å². The minimum absolute atomic E-state index is 0.00871. The smallest absolute Gasteiger partial charge is 0.345 e. The maximum Gasteiger partial charge on any atom is 0.345 e. The molecule has 6 nitrogen and oxygen atoms in total. The van der Waals surface area contributed by atoms with Gasteiger partial charge in [-0.1, -0.05) is 20.8 Å². The van der Waals surface area contributed by atoms with Crippen LogP contribution in [0.4, 0.5) is 0 Å². The van der Waals surface area contributed by atoms with E-state index in [1.54, 1.807) is 31.4 Å². The van der Waals surface area contributed by atoms with Crippen molar-refractivity contribution in [2.75, 3.05) is 13.7 Å². The maximum absolute atomic E-state index is 12.7. The molecular weight excluding hydrogens is 426 g/mol. The van der Waals surface area contributed by atoms with Crippen molar-refractivity contribution in [2.45, 2.75) is 20.8 Å². The Bertz CT molecular complexity index is 1330. The Morgan fingerprint density at radius 3 is 2.47 bits per heavy atom. The molecule has 4 aromatic rings. The first-order chi connectivity index (χ1) is 15.2. The maximum atomic E-state index is 12.7. The van der Waals surface area contributed by atoms with E-state index in [-0.39, 0.29) is 12.4 Å². The number of thiazole rings is 1. The molecule has 0 atom stereocenters. The Labute approximate surface area is 189 Å². The Morgan fingerprint density at radius 2 is 1.78 bits per heavy atom. The molecular formula is C25H23NO5S. The normalized spacial score (nSPS) is 11.5. The molecule has 2 heterocycles. The topological polar surface area (TPSA) is 78.6 Å². The fourth-order valence-electron chi connectivity index (χ4n) is 2.99. The predicted octanol–water partition coefficient (Wildman–Crippen LogP) is 5.59. The first kappa shape index (κ1) is 21.8. The van der Waals surface area contributed by atoms with Crippen LogP contribution in [0.5, 0.6) is 11.5 Å². The number of hydrogen-bond donors (Lipinski definition) is 0. The fourth-order valence-corrected chi connectivity index (χ4v) is 3.82. The number of nitrogens with zero attached hydrogens (tertiary/aromatic N) is 1. The van der Waals surface area contributed by atoms with E-state index in [9.17, 15) is 9.59 Å². The van der Waals surface area contributed by atoms with E-state index >= 15 is 0 Å². The van der Waals surface area contributed by atoms with Crippen molar-refractivity contribution >= 4 is 28.1 Å². The molecule has 4 rings (SSSR count). The van der Waals surface area contributed by atoms with Gasteiger partial charge in [0.05, 0.1) is 18.4 Å². The zero-order chi connectivity index (χ0) is 22.9. The van der Waals surface area contributed by atoms with E-state index in [0.29, 0.717) is 22.6 Å². The van der Waals surface area contributed by atoms with Gasteiger partial charge in [0, 0.05) is 27.8 Å². The Hall–Kier alpha value is -3.45. The van der Waals surface area contributed by atoms with Gasteiger partial charge in [0.25, 0.3) is 0 Å². The Kier molecular flexibility index (Phi) is 5.84. The van der Waals surface area contributed by atoms with Gasteiger partial charge in [-0.05, 0) is 42.5 Å². The summed E-state index contributed by atoms with van der Waals surface area (Å²) >= 11 is 1.45. The number of ether oxygens (including phenoxy) is 2. The third-order valence-electron chi connectivity index (χ3n) is 5.03. The van der Waals surface area contributed by atoms with E-state index in [4.69, 9.17) is 13.9 Å². The summed E-state index contributed by atoms with van der Waals surface area (Å²) < 4.78 is 16.3. The molecule has 0 aliphatic rings. The average Bonchev–Trinajstić information content (AvgIpc) is 3.26. The van der Waals surface area contributed by atoms with Gasteiger partial charge < -0.3 is 13.9 Å². The standard InChI is InChI=1S/C25H23NO5S/c1-25(2,3)22(27)13-30-18-10-7-16-11-19(24(28)31-21(16)12-18)20-14-32-23(26-20)15-5-8-17(29-4)9-6-15/h5-12,14H,13H2,1-4H3. The summed E-state index contributed by atoms with van der Waals surface area (Å²) in [6, 6.07) is 14.5. The molecule has 0 aliphatic carbocycles. The van der Waals surface area contributed by atoms with Gasteiger partial charge in [0.15, 0.2) is 5.78 Å². The minimum atomic E-state index is -0.480. The van der Waals surface area contributed by atoms with Gasteiger partial charge >= 0.3 is 5.63 Å². The first-order valence-corrected chi connectivity index (χ1v) is 11.0. The van der Waals surface area contributed by atoms with Crippen LogP contribution in [-0.4, -0.2) is 24.5 Å². The lowest BCUT2D eigenvalue weighted by molar-refractivity contribution is -0.128. The number of fused-ring (bicyclic) bond motifs is 1. The van der Waals surface area contributed by atoms with Crippen LogP contribution < -0.4 is 15.1 Å². The highest BCUT2D eigenvalue weighted by Gasteiger charge is 2.21. The molecule has 0 fully saturated rings. The highest BCUT2D eigenvalue weighted by Crippen LogP contribution is 2.30. The fraction of sp³-hybridized carbons (Fsp3) is 0.240. The number of Topliss-reactive ketones (excluding diaryl/α,β-unsaturated/α-hetero) is 1. The third-order valence-corrected chi connectivity index (χ3v) is 5.92. The SMILES string of the molecule is COc1ccc(-c2nc(-c3cc4ccc(OCC(=O)C(C)(C)C)cc4oc3=O)cs2)cc1. The molecule has 164 valence electrons. The van der Waals surface area contributed by atoms with Gasteiger partial charge in [-0.15, -0.1) is 11.3 Å². The molecule has 0 radical (unpaired) electrons. The lowest BCUT2D eigenvalue weighted by Gasteiger charge is -2.16. The second-order valence-corrected chi connectivity index (χ2v) is 9.23. The third kappa shape index (κ3) is 4.57. The molecule has 7 heteroatoms. The lowest BCUT2D eigenvalue weighted by Crippen LogP contribution is -2.26. The van der Waals surface area contributed by atoms with Crippen LogP contribution in [0.25, 0.3) is 32.8 Å². The van der Waals surface area contributed by atoms with Crippen molar-refractivity contribution in [3.05, 3.63) is 64.3 Å². The van der Waals surface area contributed by atoms with Gasteiger partial charge in [0.1, 0.15) is 28.7 Å². The molecule has 32 heavy (non-hydrogen) atoms. The monoisotopic (exact) mass is 449 g/mol. The van der Waals surface area contributed by atoms with E-state index in [2.05, 4.69) is 4.98 Å². The zero-order valence-electron chi connectivity index (χ0n) is 18.3. The number of rotatable bonds is 6. The summed E-state index contributed by atoms with van der Waals surface area (Å²) in [5.41, 5.74) is 1.34. The van der Waals surface area contributed by atoms with Crippen molar-refractivity contribution in [3.63, 3.8) is 0 Å². The van der Waals surface area contributed by atoms with Crippen LogP contribution in [0.2, 0.25) is 0 Å².